The average Bonchev–Trinajstić information content (AvgIpc) is 3.11. The van der Waals surface area contributed by atoms with E-state index >= 15 is 0 Å². The SMILES string of the molecule is Cc1nc2c(cnn2C(C)C)cc1C(=O)N1CCN(Cc2ccccc2)CC1. The molecule has 2 aromatic heterocycles. The van der Waals surface area contributed by atoms with E-state index in [2.05, 4.69) is 53.1 Å². The van der Waals surface area contributed by atoms with Gasteiger partial charge in [0.2, 0.25) is 0 Å². The molecule has 1 aliphatic rings. The Balaban J connectivity index is 1.46. The Hall–Kier alpha value is -2.73. The molecule has 28 heavy (non-hydrogen) atoms. The fourth-order valence-corrected chi connectivity index (χ4v) is 3.78. The summed E-state index contributed by atoms with van der Waals surface area (Å²) in [5.74, 6) is 0.0727. The molecule has 1 saturated heterocycles. The van der Waals surface area contributed by atoms with E-state index in [4.69, 9.17) is 0 Å². The Bertz CT molecular complexity index is 971. The molecule has 3 heterocycles. The molecule has 0 N–H and O–H groups in total. The number of aryl methyl sites for hydroxylation is 1. The normalized spacial score (nSPS) is 15.5. The molecule has 1 aromatic carbocycles. The highest BCUT2D eigenvalue weighted by atomic mass is 16.2. The monoisotopic (exact) mass is 377 g/mol. The van der Waals surface area contributed by atoms with E-state index in [1.807, 2.05) is 28.6 Å². The number of aromatic nitrogens is 3. The predicted molar refractivity (Wildman–Crippen MR) is 110 cm³/mol. The zero-order valence-electron chi connectivity index (χ0n) is 16.8. The maximum Gasteiger partial charge on any atom is 0.255 e. The highest BCUT2D eigenvalue weighted by Crippen LogP contribution is 2.21. The number of benzene rings is 1. The second-order valence-electron chi connectivity index (χ2n) is 7.77. The summed E-state index contributed by atoms with van der Waals surface area (Å²) in [7, 11) is 0. The molecule has 4 rings (SSSR count). The van der Waals surface area contributed by atoms with Gasteiger partial charge in [-0.25, -0.2) is 9.67 Å². The summed E-state index contributed by atoms with van der Waals surface area (Å²) in [5, 5.41) is 5.34. The van der Waals surface area contributed by atoms with Crippen LogP contribution in [0.2, 0.25) is 0 Å². The van der Waals surface area contributed by atoms with Crippen molar-refractivity contribution in [3.8, 4) is 0 Å². The van der Waals surface area contributed by atoms with Crippen molar-refractivity contribution in [3.05, 3.63) is 59.4 Å². The second kappa shape index (κ2) is 7.72. The molecule has 0 bridgehead atoms. The minimum atomic E-state index is 0.0727. The molecule has 0 saturated carbocycles. The molecule has 3 aromatic rings. The van der Waals surface area contributed by atoms with Gasteiger partial charge in [0.25, 0.3) is 5.91 Å². The minimum absolute atomic E-state index is 0.0727. The number of hydrogen-bond donors (Lipinski definition) is 0. The zero-order chi connectivity index (χ0) is 19.7. The van der Waals surface area contributed by atoms with Gasteiger partial charge >= 0.3 is 0 Å². The molecule has 0 radical (unpaired) electrons. The van der Waals surface area contributed by atoms with Gasteiger partial charge in [-0.1, -0.05) is 30.3 Å². The van der Waals surface area contributed by atoms with Crippen molar-refractivity contribution < 1.29 is 4.79 Å². The number of hydrogen-bond acceptors (Lipinski definition) is 4. The number of piperazine rings is 1. The summed E-state index contributed by atoms with van der Waals surface area (Å²) >= 11 is 0. The lowest BCUT2D eigenvalue weighted by molar-refractivity contribution is 0.0627. The second-order valence-corrected chi connectivity index (χ2v) is 7.77. The first-order valence-electron chi connectivity index (χ1n) is 9.93. The number of amides is 1. The Morgan fingerprint density at radius 3 is 2.50 bits per heavy atom. The lowest BCUT2D eigenvalue weighted by atomic mass is 10.1. The average molecular weight is 377 g/mol. The maximum absolute atomic E-state index is 13.1. The first-order valence-corrected chi connectivity index (χ1v) is 9.93. The first kappa shape index (κ1) is 18.6. The van der Waals surface area contributed by atoms with Crippen LogP contribution in [0.4, 0.5) is 0 Å². The minimum Gasteiger partial charge on any atom is -0.336 e. The van der Waals surface area contributed by atoms with Crippen molar-refractivity contribution >= 4 is 16.9 Å². The Kier molecular flexibility index (Phi) is 5.13. The first-order chi connectivity index (χ1) is 13.5. The van der Waals surface area contributed by atoms with E-state index in [1.54, 1.807) is 6.20 Å². The van der Waals surface area contributed by atoms with Crippen molar-refractivity contribution in [2.45, 2.75) is 33.4 Å². The van der Waals surface area contributed by atoms with Crippen molar-refractivity contribution in [3.63, 3.8) is 0 Å². The lowest BCUT2D eigenvalue weighted by Gasteiger charge is -2.35. The Morgan fingerprint density at radius 2 is 1.82 bits per heavy atom. The van der Waals surface area contributed by atoms with Crippen molar-refractivity contribution in [1.29, 1.82) is 0 Å². The molecule has 0 aliphatic carbocycles. The molecule has 6 heteroatoms. The standard InChI is InChI=1S/C22H27N5O/c1-16(2)27-21-19(14-23-27)13-20(17(3)24-21)22(28)26-11-9-25(10-12-26)15-18-7-5-4-6-8-18/h4-8,13-14,16H,9-12,15H2,1-3H3. The third kappa shape index (κ3) is 3.64. The fraction of sp³-hybridized carbons (Fsp3) is 0.409. The molecule has 146 valence electrons. The maximum atomic E-state index is 13.1. The highest BCUT2D eigenvalue weighted by molar-refractivity contribution is 5.98. The van der Waals surface area contributed by atoms with E-state index in [1.165, 1.54) is 5.56 Å². The van der Waals surface area contributed by atoms with Crippen LogP contribution in [0.3, 0.4) is 0 Å². The van der Waals surface area contributed by atoms with Gasteiger partial charge in [-0.15, -0.1) is 0 Å². The summed E-state index contributed by atoms with van der Waals surface area (Å²) in [4.78, 5) is 22.1. The van der Waals surface area contributed by atoms with Gasteiger partial charge in [0, 0.05) is 44.2 Å². The van der Waals surface area contributed by atoms with E-state index in [9.17, 15) is 4.79 Å². The lowest BCUT2D eigenvalue weighted by Crippen LogP contribution is -2.48. The molecule has 1 aliphatic heterocycles. The number of nitrogens with zero attached hydrogens (tertiary/aromatic N) is 5. The summed E-state index contributed by atoms with van der Waals surface area (Å²) in [6.07, 6.45) is 1.80. The Morgan fingerprint density at radius 1 is 1.11 bits per heavy atom. The van der Waals surface area contributed by atoms with Crippen LogP contribution in [0.25, 0.3) is 11.0 Å². The number of carbonyl (C=O) groups is 1. The number of rotatable bonds is 4. The van der Waals surface area contributed by atoms with E-state index in [0.717, 1.165) is 49.5 Å². The zero-order valence-corrected chi connectivity index (χ0v) is 16.8. The fourth-order valence-electron chi connectivity index (χ4n) is 3.78. The van der Waals surface area contributed by atoms with Crippen LogP contribution in [0.1, 0.15) is 41.5 Å². The molecular formula is C22H27N5O. The smallest absolute Gasteiger partial charge is 0.255 e. The Labute approximate surface area is 165 Å². The summed E-state index contributed by atoms with van der Waals surface area (Å²) in [6, 6.07) is 12.7. The molecule has 0 spiro atoms. The van der Waals surface area contributed by atoms with Gasteiger partial charge in [-0.3, -0.25) is 9.69 Å². The van der Waals surface area contributed by atoms with Crippen molar-refractivity contribution in [2.75, 3.05) is 26.2 Å². The van der Waals surface area contributed by atoms with Gasteiger partial charge in [0.05, 0.1) is 17.5 Å². The van der Waals surface area contributed by atoms with Crippen LogP contribution in [0, 0.1) is 6.92 Å². The third-order valence-corrected chi connectivity index (χ3v) is 5.39. The van der Waals surface area contributed by atoms with Gasteiger partial charge < -0.3 is 4.90 Å². The predicted octanol–water partition coefficient (Wildman–Crippen LogP) is 3.28. The van der Waals surface area contributed by atoms with Gasteiger partial charge in [0.15, 0.2) is 5.65 Å². The number of carbonyl (C=O) groups excluding carboxylic acids is 1. The van der Waals surface area contributed by atoms with Gasteiger partial charge in [-0.2, -0.15) is 5.10 Å². The van der Waals surface area contributed by atoms with Crippen molar-refractivity contribution in [2.24, 2.45) is 0 Å². The van der Waals surface area contributed by atoms with Gasteiger partial charge in [-0.05, 0) is 32.4 Å². The summed E-state index contributed by atoms with van der Waals surface area (Å²) in [5.41, 5.74) is 3.62. The van der Waals surface area contributed by atoms with Crippen LogP contribution in [-0.4, -0.2) is 56.7 Å². The van der Waals surface area contributed by atoms with E-state index < -0.39 is 0 Å². The largest absolute Gasteiger partial charge is 0.336 e. The number of pyridine rings is 1. The third-order valence-electron chi connectivity index (χ3n) is 5.39. The van der Waals surface area contributed by atoms with Crippen LogP contribution in [-0.2, 0) is 6.54 Å². The molecule has 1 amide bonds. The highest BCUT2D eigenvalue weighted by Gasteiger charge is 2.24. The number of fused-ring (bicyclic) bond motifs is 1. The van der Waals surface area contributed by atoms with Crippen LogP contribution < -0.4 is 0 Å². The van der Waals surface area contributed by atoms with E-state index in [-0.39, 0.29) is 11.9 Å². The molecule has 6 nitrogen and oxygen atoms in total. The van der Waals surface area contributed by atoms with Crippen LogP contribution in [0.5, 0.6) is 0 Å². The van der Waals surface area contributed by atoms with Crippen molar-refractivity contribution in [1.82, 2.24) is 24.6 Å². The summed E-state index contributed by atoms with van der Waals surface area (Å²) in [6.45, 7) is 10.3. The van der Waals surface area contributed by atoms with E-state index in [0.29, 0.717) is 5.56 Å². The van der Waals surface area contributed by atoms with Gasteiger partial charge in [0.1, 0.15) is 0 Å². The quantitative estimate of drug-likeness (QED) is 0.700. The summed E-state index contributed by atoms with van der Waals surface area (Å²) < 4.78 is 1.90. The molecular weight excluding hydrogens is 350 g/mol. The van der Waals surface area contributed by atoms with Crippen LogP contribution >= 0.6 is 0 Å². The molecule has 0 unspecified atom stereocenters. The molecule has 1 fully saturated rings. The molecule has 0 atom stereocenters. The topological polar surface area (TPSA) is 54.3 Å². The van der Waals surface area contributed by atoms with Crippen LogP contribution in [0.15, 0.2) is 42.6 Å².